The molecule has 5 nitrogen and oxygen atoms in total. The van der Waals surface area contributed by atoms with Gasteiger partial charge in [0.25, 0.3) is 0 Å². The number of methoxy groups -OCH3 is 1. The molecular weight excluding hydrogens is 290 g/mol. The average molecular weight is 311 g/mol. The van der Waals surface area contributed by atoms with Crippen LogP contribution < -0.4 is 5.32 Å². The van der Waals surface area contributed by atoms with Gasteiger partial charge in [-0.1, -0.05) is 12.1 Å². The molecule has 1 N–H and O–H groups in total. The Kier molecular flexibility index (Phi) is 3.65. The third kappa shape index (κ3) is 2.77. The molecule has 0 radical (unpaired) electrons. The lowest BCUT2D eigenvalue weighted by Gasteiger charge is -2.17. The molecule has 2 atom stereocenters. The number of aryl methyl sites for hydroxylation is 1. The topological polar surface area (TPSA) is 56.1 Å². The number of hydrogen-bond acceptors (Lipinski definition) is 3. The van der Waals surface area contributed by atoms with Crippen molar-refractivity contribution in [2.75, 3.05) is 12.4 Å². The van der Waals surface area contributed by atoms with Crippen LogP contribution in [0.1, 0.15) is 25.0 Å². The van der Waals surface area contributed by atoms with Crippen molar-refractivity contribution in [1.29, 1.82) is 0 Å². The highest BCUT2D eigenvalue weighted by Gasteiger charge is 2.43. The van der Waals surface area contributed by atoms with E-state index in [9.17, 15) is 4.79 Å². The van der Waals surface area contributed by atoms with Gasteiger partial charge in [0, 0.05) is 36.8 Å². The summed E-state index contributed by atoms with van der Waals surface area (Å²) in [6, 6.07) is 7.95. The number of carbonyl (C=O) groups excluding carboxylic acids is 1. The normalized spacial score (nSPS) is 22.5. The number of benzene rings is 1. The zero-order valence-electron chi connectivity index (χ0n) is 13.3. The Morgan fingerprint density at radius 2 is 2.30 bits per heavy atom. The number of hydrogen-bond donors (Lipinski definition) is 1. The quantitative estimate of drug-likeness (QED) is 0.944. The lowest BCUT2D eigenvalue weighted by molar-refractivity contribution is -0.118. The van der Waals surface area contributed by atoms with Crippen molar-refractivity contribution in [1.82, 2.24) is 9.55 Å². The number of aromatic nitrogens is 2. The van der Waals surface area contributed by atoms with Crippen LogP contribution in [-0.2, 0) is 22.5 Å². The lowest BCUT2D eigenvalue weighted by Crippen LogP contribution is -2.16. The van der Waals surface area contributed by atoms with Crippen LogP contribution in [0.3, 0.4) is 0 Å². The van der Waals surface area contributed by atoms with Gasteiger partial charge in [-0.3, -0.25) is 4.79 Å². The fourth-order valence-electron chi connectivity index (χ4n) is 3.35. The molecule has 5 heteroatoms. The summed E-state index contributed by atoms with van der Waals surface area (Å²) >= 11 is 0. The molecule has 2 aliphatic rings. The molecule has 1 fully saturated rings. The van der Waals surface area contributed by atoms with Gasteiger partial charge in [-0.25, -0.2) is 4.98 Å². The Labute approximate surface area is 135 Å². The van der Waals surface area contributed by atoms with Crippen molar-refractivity contribution in [2.24, 2.45) is 5.92 Å². The highest BCUT2D eigenvalue weighted by Crippen LogP contribution is 2.34. The van der Waals surface area contributed by atoms with Crippen molar-refractivity contribution in [3.8, 4) is 11.4 Å². The third-order valence-corrected chi connectivity index (χ3v) is 4.76. The van der Waals surface area contributed by atoms with E-state index in [0.29, 0.717) is 0 Å². The van der Waals surface area contributed by atoms with Crippen molar-refractivity contribution >= 4 is 11.6 Å². The van der Waals surface area contributed by atoms with Crippen molar-refractivity contribution in [2.45, 2.75) is 38.3 Å². The molecule has 2 heterocycles. The van der Waals surface area contributed by atoms with E-state index in [0.717, 1.165) is 36.5 Å². The number of amides is 1. The molecule has 2 aromatic rings. The number of fused-ring (bicyclic) bond motifs is 1. The molecule has 0 unspecified atom stereocenters. The smallest absolute Gasteiger partial charge is 0.230 e. The second-order valence-electron chi connectivity index (χ2n) is 6.37. The lowest BCUT2D eigenvalue weighted by atomic mass is 10.1. The zero-order valence-corrected chi connectivity index (χ0v) is 13.3. The van der Waals surface area contributed by atoms with E-state index < -0.39 is 0 Å². The first-order valence-corrected chi connectivity index (χ1v) is 8.25. The highest BCUT2D eigenvalue weighted by atomic mass is 16.5. The van der Waals surface area contributed by atoms with Gasteiger partial charge in [0.1, 0.15) is 5.82 Å². The minimum atomic E-state index is -0.0113. The Morgan fingerprint density at radius 3 is 3.13 bits per heavy atom. The summed E-state index contributed by atoms with van der Waals surface area (Å²) in [6.45, 7) is 1.03. The molecule has 1 aromatic carbocycles. The first kappa shape index (κ1) is 14.5. The molecule has 0 spiro atoms. The maximum atomic E-state index is 12.2. The van der Waals surface area contributed by atoms with E-state index in [-0.39, 0.29) is 17.9 Å². The summed E-state index contributed by atoms with van der Waals surface area (Å²) in [5, 5.41) is 2.99. The molecule has 0 bridgehead atoms. The largest absolute Gasteiger partial charge is 0.381 e. The van der Waals surface area contributed by atoms with Gasteiger partial charge in [0.15, 0.2) is 0 Å². The molecule has 120 valence electrons. The fraction of sp³-hybridized carbons (Fsp3) is 0.444. The first-order chi connectivity index (χ1) is 11.3. The highest BCUT2D eigenvalue weighted by molar-refractivity contribution is 5.95. The molecule has 1 saturated carbocycles. The molecule has 1 aliphatic carbocycles. The van der Waals surface area contributed by atoms with Gasteiger partial charge in [0.2, 0.25) is 5.91 Å². The van der Waals surface area contributed by atoms with Gasteiger partial charge in [-0.05, 0) is 37.8 Å². The third-order valence-electron chi connectivity index (χ3n) is 4.76. The number of nitrogens with zero attached hydrogens (tertiary/aromatic N) is 2. The monoisotopic (exact) mass is 311 g/mol. The second kappa shape index (κ2) is 5.81. The standard InChI is InChI=1S/C18H21N3O2/c1-23-16-10-15(16)18(22)20-13-6-4-5-12(9-13)17-19-11-14-7-2-3-8-21(14)17/h4-6,9,11,15-16H,2-3,7-8,10H2,1H3,(H,20,22)/t15-,16-/m1/s1. The van der Waals surface area contributed by atoms with Crippen LogP contribution in [0.5, 0.6) is 0 Å². The van der Waals surface area contributed by atoms with Crippen molar-refractivity contribution < 1.29 is 9.53 Å². The van der Waals surface area contributed by atoms with Crippen LogP contribution in [-0.4, -0.2) is 28.7 Å². The fourth-order valence-corrected chi connectivity index (χ4v) is 3.35. The predicted molar refractivity (Wildman–Crippen MR) is 88.1 cm³/mol. The molecular formula is C18H21N3O2. The Balaban J connectivity index is 1.55. The van der Waals surface area contributed by atoms with E-state index in [4.69, 9.17) is 4.74 Å². The van der Waals surface area contributed by atoms with Crippen LogP contribution in [0.2, 0.25) is 0 Å². The van der Waals surface area contributed by atoms with Crippen molar-refractivity contribution in [3.05, 3.63) is 36.2 Å². The summed E-state index contributed by atoms with van der Waals surface area (Å²) in [7, 11) is 1.65. The Bertz CT molecular complexity index is 738. The van der Waals surface area contributed by atoms with Gasteiger partial charge in [0.05, 0.1) is 12.0 Å². The summed E-state index contributed by atoms with van der Waals surface area (Å²) < 4.78 is 7.50. The second-order valence-corrected chi connectivity index (χ2v) is 6.37. The maximum absolute atomic E-state index is 12.2. The van der Waals surface area contributed by atoms with E-state index in [1.54, 1.807) is 7.11 Å². The Hall–Kier alpha value is -2.14. The molecule has 0 saturated heterocycles. The van der Waals surface area contributed by atoms with Gasteiger partial charge in [-0.15, -0.1) is 0 Å². The van der Waals surface area contributed by atoms with E-state index >= 15 is 0 Å². The molecule has 1 aliphatic heterocycles. The van der Waals surface area contributed by atoms with Gasteiger partial charge < -0.3 is 14.6 Å². The average Bonchev–Trinajstić information content (AvgIpc) is 3.26. The van der Waals surface area contributed by atoms with Crippen LogP contribution in [0.15, 0.2) is 30.5 Å². The predicted octanol–water partition coefficient (Wildman–Crippen LogP) is 2.86. The minimum Gasteiger partial charge on any atom is -0.381 e. The van der Waals surface area contributed by atoms with Gasteiger partial charge in [-0.2, -0.15) is 0 Å². The number of ether oxygens (including phenoxy) is 1. The number of carbonyl (C=O) groups is 1. The van der Waals surface area contributed by atoms with Crippen LogP contribution in [0, 0.1) is 5.92 Å². The summed E-state index contributed by atoms with van der Waals surface area (Å²) in [4.78, 5) is 16.8. The summed E-state index contributed by atoms with van der Waals surface area (Å²) in [5.41, 5.74) is 3.18. The molecule has 1 aromatic heterocycles. The first-order valence-electron chi connectivity index (χ1n) is 8.25. The maximum Gasteiger partial charge on any atom is 0.230 e. The van der Waals surface area contributed by atoms with E-state index in [1.807, 2.05) is 24.4 Å². The molecule has 1 amide bonds. The molecule has 4 rings (SSSR count). The van der Waals surface area contributed by atoms with Crippen LogP contribution >= 0.6 is 0 Å². The number of nitrogens with one attached hydrogen (secondary N) is 1. The number of imidazole rings is 1. The van der Waals surface area contributed by atoms with Gasteiger partial charge >= 0.3 is 0 Å². The zero-order chi connectivity index (χ0) is 15.8. The Morgan fingerprint density at radius 1 is 1.39 bits per heavy atom. The van der Waals surface area contributed by atoms with E-state index in [2.05, 4.69) is 20.9 Å². The van der Waals surface area contributed by atoms with Crippen molar-refractivity contribution in [3.63, 3.8) is 0 Å². The minimum absolute atomic E-state index is 0.0113. The van der Waals surface area contributed by atoms with Crippen LogP contribution in [0.4, 0.5) is 5.69 Å². The van der Waals surface area contributed by atoms with E-state index in [1.165, 1.54) is 18.5 Å². The molecule has 23 heavy (non-hydrogen) atoms. The summed E-state index contributed by atoms with van der Waals surface area (Å²) in [6.07, 6.45) is 6.42. The SMILES string of the molecule is CO[C@@H]1C[C@H]1C(=O)Nc1cccc(-c2ncc3n2CCCC3)c1. The van der Waals surface area contributed by atoms with Crippen LogP contribution in [0.25, 0.3) is 11.4 Å². The number of anilines is 1. The summed E-state index contributed by atoms with van der Waals surface area (Å²) in [5.74, 6) is 1.03. The number of rotatable bonds is 4.